The van der Waals surface area contributed by atoms with E-state index >= 15 is 0 Å². The van der Waals surface area contributed by atoms with E-state index in [0.29, 0.717) is 12.5 Å². The summed E-state index contributed by atoms with van der Waals surface area (Å²) in [5.41, 5.74) is 1.64. The zero-order valence-electron chi connectivity index (χ0n) is 10.4. The molecule has 2 N–H and O–H groups in total. The van der Waals surface area contributed by atoms with Gasteiger partial charge < -0.3 is 14.9 Å². The summed E-state index contributed by atoms with van der Waals surface area (Å²) in [6.45, 7) is 0.360. The van der Waals surface area contributed by atoms with E-state index in [4.69, 9.17) is 9.84 Å². The maximum absolute atomic E-state index is 10.9. The molecule has 98 valence electrons. The number of rotatable bonds is 6. The molecule has 1 fully saturated rings. The smallest absolute Gasteiger partial charge is 0.303 e. The molecule has 0 bridgehead atoms. The lowest BCUT2D eigenvalue weighted by Gasteiger charge is -2.15. The summed E-state index contributed by atoms with van der Waals surface area (Å²) in [5, 5.41) is 18.8. The van der Waals surface area contributed by atoms with E-state index in [1.807, 2.05) is 12.1 Å². The van der Waals surface area contributed by atoms with Crippen molar-refractivity contribution < 1.29 is 19.7 Å². The standard InChI is InChI=1S/C14H18O4/c1-18-8-11-5-4-10(6-13(11)15)12(7-14(16)17)9-2-3-9/h4-6,9,12,15H,2-3,7-8H2,1H3,(H,16,17). The van der Waals surface area contributed by atoms with Crippen molar-refractivity contribution in [2.75, 3.05) is 7.11 Å². The van der Waals surface area contributed by atoms with Gasteiger partial charge in [0.1, 0.15) is 5.75 Å². The van der Waals surface area contributed by atoms with E-state index in [1.54, 1.807) is 13.2 Å². The molecule has 0 aliphatic heterocycles. The molecule has 4 heteroatoms. The zero-order chi connectivity index (χ0) is 13.1. The number of hydrogen-bond acceptors (Lipinski definition) is 3. The summed E-state index contributed by atoms with van der Waals surface area (Å²) in [7, 11) is 1.57. The average molecular weight is 250 g/mol. The van der Waals surface area contributed by atoms with Crippen molar-refractivity contribution in [2.24, 2.45) is 5.92 Å². The lowest BCUT2D eigenvalue weighted by Crippen LogP contribution is -2.08. The predicted octanol–water partition coefficient (Wildman–Crippen LogP) is 2.51. The highest BCUT2D eigenvalue weighted by Gasteiger charge is 2.33. The van der Waals surface area contributed by atoms with Crippen molar-refractivity contribution in [3.05, 3.63) is 29.3 Å². The molecule has 2 rings (SSSR count). The van der Waals surface area contributed by atoms with Gasteiger partial charge in [0.25, 0.3) is 0 Å². The van der Waals surface area contributed by atoms with Crippen molar-refractivity contribution in [3.8, 4) is 5.75 Å². The zero-order valence-corrected chi connectivity index (χ0v) is 10.4. The van der Waals surface area contributed by atoms with E-state index in [0.717, 1.165) is 24.0 Å². The number of carbonyl (C=O) groups is 1. The van der Waals surface area contributed by atoms with Crippen molar-refractivity contribution in [3.63, 3.8) is 0 Å². The van der Waals surface area contributed by atoms with Crippen molar-refractivity contribution in [1.82, 2.24) is 0 Å². The summed E-state index contributed by atoms with van der Waals surface area (Å²) in [6, 6.07) is 5.39. The first-order chi connectivity index (χ1) is 8.61. The molecule has 1 aromatic rings. The molecule has 1 aliphatic rings. The molecule has 18 heavy (non-hydrogen) atoms. The van der Waals surface area contributed by atoms with Crippen LogP contribution in [0.1, 0.15) is 36.3 Å². The van der Waals surface area contributed by atoms with Crippen LogP contribution in [0.5, 0.6) is 5.75 Å². The van der Waals surface area contributed by atoms with Gasteiger partial charge in [-0.15, -0.1) is 0 Å². The quantitative estimate of drug-likeness (QED) is 0.814. The minimum absolute atomic E-state index is 0.0185. The van der Waals surface area contributed by atoms with E-state index in [-0.39, 0.29) is 18.1 Å². The van der Waals surface area contributed by atoms with Crippen LogP contribution in [0.15, 0.2) is 18.2 Å². The fourth-order valence-corrected chi connectivity index (χ4v) is 2.33. The van der Waals surface area contributed by atoms with E-state index in [9.17, 15) is 9.90 Å². The minimum Gasteiger partial charge on any atom is -0.508 e. The molecule has 0 saturated heterocycles. The number of benzene rings is 1. The molecule has 1 aliphatic carbocycles. The second-order valence-electron chi connectivity index (χ2n) is 4.86. The van der Waals surface area contributed by atoms with Crippen molar-refractivity contribution >= 4 is 5.97 Å². The van der Waals surface area contributed by atoms with Gasteiger partial charge in [0.05, 0.1) is 13.0 Å². The highest BCUT2D eigenvalue weighted by atomic mass is 16.5. The van der Waals surface area contributed by atoms with Crippen LogP contribution in [-0.2, 0) is 16.1 Å². The van der Waals surface area contributed by atoms with E-state index < -0.39 is 5.97 Å². The summed E-state index contributed by atoms with van der Waals surface area (Å²) >= 11 is 0. The van der Waals surface area contributed by atoms with Gasteiger partial charge in [-0.1, -0.05) is 12.1 Å². The Morgan fingerprint density at radius 3 is 2.72 bits per heavy atom. The molecule has 4 nitrogen and oxygen atoms in total. The van der Waals surface area contributed by atoms with Crippen molar-refractivity contribution in [2.45, 2.75) is 31.8 Å². The lowest BCUT2D eigenvalue weighted by atomic mass is 9.90. The third-order valence-corrected chi connectivity index (χ3v) is 3.42. The number of carboxylic acid groups (broad SMARTS) is 1. The predicted molar refractivity (Wildman–Crippen MR) is 66.5 cm³/mol. The second-order valence-corrected chi connectivity index (χ2v) is 4.86. The van der Waals surface area contributed by atoms with Crippen LogP contribution in [0, 0.1) is 5.92 Å². The van der Waals surface area contributed by atoms with Gasteiger partial charge in [-0.2, -0.15) is 0 Å². The topological polar surface area (TPSA) is 66.8 Å². The Balaban J connectivity index is 2.19. The number of methoxy groups -OCH3 is 1. The van der Waals surface area contributed by atoms with Gasteiger partial charge in [0.15, 0.2) is 0 Å². The van der Waals surface area contributed by atoms with Crippen LogP contribution < -0.4 is 0 Å². The number of hydrogen-bond donors (Lipinski definition) is 2. The fraction of sp³-hybridized carbons (Fsp3) is 0.500. The van der Waals surface area contributed by atoms with Crippen LogP contribution in [0.25, 0.3) is 0 Å². The first-order valence-corrected chi connectivity index (χ1v) is 6.14. The molecule has 1 atom stereocenters. The Hall–Kier alpha value is -1.55. The van der Waals surface area contributed by atoms with Gasteiger partial charge in [-0.3, -0.25) is 4.79 Å². The largest absolute Gasteiger partial charge is 0.508 e. The number of ether oxygens (including phenoxy) is 1. The first-order valence-electron chi connectivity index (χ1n) is 6.14. The van der Waals surface area contributed by atoms with Crippen LogP contribution in [-0.4, -0.2) is 23.3 Å². The number of aromatic hydroxyl groups is 1. The molecule has 0 amide bonds. The molecule has 0 heterocycles. The van der Waals surface area contributed by atoms with Gasteiger partial charge in [0, 0.05) is 12.7 Å². The van der Waals surface area contributed by atoms with Crippen LogP contribution >= 0.6 is 0 Å². The normalized spacial score (nSPS) is 16.5. The van der Waals surface area contributed by atoms with Crippen LogP contribution in [0.2, 0.25) is 0 Å². The molecular formula is C14H18O4. The summed E-state index contributed by atoms with van der Waals surface area (Å²) in [4.78, 5) is 10.9. The van der Waals surface area contributed by atoms with E-state index in [2.05, 4.69) is 0 Å². The van der Waals surface area contributed by atoms with Crippen LogP contribution in [0.3, 0.4) is 0 Å². The molecule has 1 unspecified atom stereocenters. The number of phenols is 1. The molecule has 0 aromatic heterocycles. The van der Waals surface area contributed by atoms with Gasteiger partial charge in [-0.05, 0) is 36.3 Å². The third kappa shape index (κ3) is 3.01. The fourth-order valence-electron chi connectivity index (χ4n) is 2.33. The Bertz CT molecular complexity index is 437. The number of carboxylic acids is 1. The van der Waals surface area contributed by atoms with Crippen molar-refractivity contribution in [1.29, 1.82) is 0 Å². The highest BCUT2D eigenvalue weighted by molar-refractivity contribution is 5.68. The van der Waals surface area contributed by atoms with E-state index in [1.165, 1.54) is 0 Å². The Morgan fingerprint density at radius 1 is 1.50 bits per heavy atom. The number of aliphatic carboxylic acids is 1. The Labute approximate surface area is 106 Å². The lowest BCUT2D eigenvalue weighted by molar-refractivity contribution is -0.137. The Morgan fingerprint density at radius 2 is 2.22 bits per heavy atom. The number of phenolic OH excluding ortho intramolecular Hbond substituents is 1. The summed E-state index contributed by atoms with van der Waals surface area (Å²) in [6.07, 6.45) is 2.30. The maximum Gasteiger partial charge on any atom is 0.303 e. The third-order valence-electron chi connectivity index (χ3n) is 3.42. The molecule has 1 saturated carbocycles. The van der Waals surface area contributed by atoms with Gasteiger partial charge in [-0.25, -0.2) is 0 Å². The molecular weight excluding hydrogens is 232 g/mol. The molecule has 1 aromatic carbocycles. The van der Waals surface area contributed by atoms with Gasteiger partial charge >= 0.3 is 5.97 Å². The second kappa shape index (κ2) is 5.40. The van der Waals surface area contributed by atoms with Crippen LogP contribution in [0.4, 0.5) is 0 Å². The maximum atomic E-state index is 10.9. The summed E-state index contributed by atoms with van der Waals surface area (Å²) in [5.74, 6) is -0.128. The van der Waals surface area contributed by atoms with Gasteiger partial charge in [0.2, 0.25) is 0 Å². The minimum atomic E-state index is -0.785. The Kier molecular flexibility index (Phi) is 3.87. The molecule has 0 spiro atoms. The first kappa shape index (κ1) is 12.9. The SMILES string of the molecule is COCc1ccc(C(CC(=O)O)C2CC2)cc1O. The highest BCUT2D eigenvalue weighted by Crippen LogP contribution is 2.45. The average Bonchev–Trinajstić information content (AvgIpc) is 3.13. The molecule has 0 radical (unpaired) electrons. The monoisotopic (exact) mass is 250 g/mol. The summed E-state index contributed by atoms with van der Waals surface area (Å²) < 4.78 is 4.98.